The van der Waals surface area contributed by atoms with E-state index in [1.54, 1.807) is 80.3 Å². The fraction of sp³-hybridized carbons (Fsp3) is 0.308. The summed E-state index contributed by atoms with van der Waals surface area (Å²) in [4.78, 5) is 37.4. The topological polar surface area (TPSA) is 84.4 Å². The van der Waals surface area contributed by atoms with E-state index in [4.69, 9.17) is 4.74 Å². The number of methoxy groups -OCH3 is 1. The van der Waals surface area contributed by atoms with Crippen molar-refractivity contribution in [3.8, 4) is 5.75 Å². The number of carbonyl (C=O) groups is 2. The van der Waals surface area contributed by atoms with E-state index in [0.717, 1.165) is 25.7 Å². The molecule has 3 aromatic rings. The maximum atomic E-state index is 13.8. The molecular weight excluding hydrogens is 416 g/mol. The van der Waals surface area contributed by atoms with Crippen LogP contribution in [-0.2, 0) is 4.79 Å². The molecule has 0 bridgehead atoms. The minimum absolute atomic E-state index is 0.104. The summed E-state index contributed by atoms with van der Waals surface area (Å²) in [5, 5.41) is 3.20. The van der Waals surface area contributed by atoms with Crippen molar-refractivity contribution in [2.75, 3.05) is 12.0 Å². The average molecular weight is 445 g/mol. The summed E-state index contributed by atoms with van der Waals surface area (Å²) < 4.78 is 5.39. The summed E-state index contributed by atoms with van der Waals surface area (Å²) in [6.07, 6.45) is 10.1. The van der Waals surface area contributed by atoms with Crippen LogP contribution in [0.1, 0.15) is 54.2 Å². The molecule has 33 heavy (non-hydrogen) atoms. The fourth-order valence-corrected chi connectivity index (χ4v) is 4.25. The number of anilines is 1. The first kappa shape index (κ1) is 22.5. The van der Waals surface area contributed by atoms with E-state index >= 15 is 0 Å². The number of nitrogens with one attached hydrogen (secondary N) is 1. The van der Waals surface area contributed by atoms with Crippen molar-refractivity contribution < 1.29 is 14.3 Å². The molecule has 7 heteroatoms. The van der Waals surface area contributed by atoms with Crippen molar-refractivity contribution in [2.45, 2.75) is 44.2 Å². The number of pyridine rings is 2. The fourth-order valence-electron chi connectivity index (χ4n) is 4.25. The van der Waals surface area contributed by atoms with Crippen LogP contribution in [-0.4, -0.2) is 34.9 Å². The van der Waals surface area contributed by atoms with Crippen molar-refractivity contribution in [2.24, 2.45) is 0 Å². The highest BCUT2D eigenvalue weighted by atomic mass is 16.5. The van der Waals surface area contributed by atoms with Crippen molar-refractivity contribution in [3.63, 3.8) is 0 Å². The molecule has 1 aliphatic carbocycles. The summed E-state index contributed by atoms with van der Waals surface area (Å²) >= 11 is 0. The van der Waals surface area contributed by atoms with E-state index in [1.807, 2.05) is 0 Å². The molecule has 1 unspecified atom stereocenters. The van der Waals surface area contributed by atoms with Crippen LogP contribution in [0.4, 0.5) is 5.69 Å². The smallest absolute Gasteiger partial charge is 0.277 e. The van der Waals surface area contributed by atoms with Crippen molar-refractivity contribution in [1.29, 1.82) is 0 Å². The molecule has 2 amide bonds. The number of benzene rings is 1. The Morgan fingerprint density at radius 2 is 1.79 bits per heavy atom. The van der Waals surface area contributed by atoms with Crippen LogP contribution in [0.15, 0.2) is 73.2 Å². The van der Waals surface area contributed by atoms with Gasteiger partial charge >= 0.3 is 0 Å². The summed E-state index contributed by atoms with van der Waals surface area (Å²) in [6.45, 7) is 0. The lowest BCUT2D eigenvalue weighted by Gasteiger charge is -2.33. The van der Waals surface area contributed by atoms with Crippen molar-refractivity contribution >= 4 is 17.5 Å². The van der Waals surface area contributed by atoms with Gasteiger partial charge in [0.05, 0.1) is 7.11 Å². The molecule has 0 spiro atoms. The van der Waals surface area contributed by atoms with E-state index < -0.39 is 6.04 Å². The zero-order valence-corrected chi connectivity index (χ0v) is 18.7. The van der Waals surface area contributed by atoms with Gasteiger partial charge < -0.3 is 10.1 Å². The molecule has 0 aliphatic heterocycles. The lowest BCUT2D eigenvalue weighted by atomic mass is 9.94. The van der Waals surface area contributed by atoms with Crippen LogP contribution in [0, 0.1) is 0 Å². The highest BCUT2D eigenvalue weighted by Crippen LogP contribution is 2.32. The number of aromatic nitrogens is 2. The predicted molar refractivity (Wildman–Crippen MR) is 126 cm³/mol. The van der Waals surface area contributed by atoms with Gasteiger partial charge in [0.1, 0.15) is 17.5 Å². The zero-order valence-electron chi connectivity index (χ0n) is 18.7. The molecule has 1 aromatic carbocycles. The van der Waals surface area contributed by atoms with Gasteiger partial charge in [-0.15, -0.1) is 0 Å². The van der Waals surface area contributed by atoms with Gasteiger partial charge in [0, 0.05) is 36.4 Å². The maximum Gasteiger partial charge on any atom is 0.277 e. The lowest BCUT2D eigenvalue weighted by Crippen LogP contribution is -2.47. The van der Waals surface area contributed by atoms with Crippen molar-refractivity contribution in [1.82, 2.24) is 15.3 Å². The van der Waals surface area contributed by atoms with Crippen LogP contribution in [0.5, 0.6) is 5.75 Å². The molecule has 1 N–H and O–H groups in total. The number of ether oxygens (including phenoxy) is 1. The third-order valence-corrected chi connectivity index (χ3v) is 5.91. The van der Waals surface area contributed by atoms with E-state index in [9.17, 15) is 9.59 Å². The minimum atomic E-state index is -0.892. The van der Waals surface area contributed by atoms with Gasteiger partial charge in [-0.2, -0.15) is 0 Å². The molecule has 1 saturated carbocycles. The predicted octanol–water partition coefficient (Wildman–Crippen LogP) is 4.32. The van der Waals surface area contributed by atoms with Crippen LogP contribution >= 0.6 is 0 Å². The van der Waals surface area contributed by atoms with Gasteiger partial charge in [0.25, 0.3) is 5.91 Å². The van der Waals surface area contributed by atoms with Gasteiger partial charge in [-0.25, -0.2) is 0 Å². The Kier molecular flexibility index (Phi) is 7.29. The van der Waals surface area contributed by atoms with Crippen LogP contribution in [0.25, 0.3) is 0 Å². The van der Waals surface area contributed by atoms with Crippen molar-refractivity contribution in [3.05, 3.63) is 84.4 Å². The first-order chi connectivity index (χ1) is 16.2. The standard InChI is InChI=1S/C26H28N4O3/c1-33-22-11-7-10-21(18-22)30(26(32)23-12-5-6-15-28-23)24(19-13-16-27-17-14-19)25(31)29-20-8-3-2-4-9-20/h5-7,10-18,20,24H,2-4,8-9H2,1H3,(H,29,31). The van der Waals surface area contributed by atoms with E-state index in [0.29, 0.717) is 17.0 Å². The highest BCUT2D eigenvalue weighted by molar-refractivity contribution is 6.09. The molecule has 2 heterocycles. The van der Waals surface area contributed by atoms with Crippen LogP contribution in [0.2, 0.25) is 0 Å². The number of rotatable bonds is 7. The van der Waals surface area contributed by atoms with Gasteiger partial charge in [-0.1, -0.05) is 31.4 Å². The Morgan fingerprint density at radius 1 is 1.00 bits per heavy atom. The Morgan fingerprint density at radius 3 is 2.48 bits per heavy atom. The second kappa shape index (κ2) is 10.7. The quantitative estimate of drug-likeness (QED) is 0.587. The van der Waals surface area contributed by atoms with Gasteiger partial charge in [0.15, 0.2) is 0 Å². The average Bonchev–Trinajstić information content (AvgIpc) is 2.88. The largest absolute Gasteiger partial charge is 0.497 e. The molecule has 0 saturated heterocycles. The first-order valence-electron chi connectivity index (χ1n) is 11.3. The first-order valence-corrected chi connectivity index (χ1v) is 11.3. The van der Waals surface area contributed by atoms with Gasteiger partial charge in [-0.3, -0.25) is 24.5 Å². The molecule has 1 fully saturated rings. The normalized spacial score (nSPS) is 14.8. The Labute approximate surface area is 193 Å². The summed E-state index contributed by atoms with van der Waals surface area (Å²) in [6, 6.07) is 15.1. The Balaban J connectivity index is 1.79. The molecule has 4 rings (SSSR count). The monoisotopic (exact) mass is 444 g/mol. The Bertz CT molecular complexity index is 1070. The zero-order chi connectivity index (χ0) is 23.0. The van der Waals surface area contributed by atoms with E-state index in [2.05, 4.69) is 15.3 Å². The molecule has 170 valence electrons. The molecule has 1 atom stereocenters. The highest BCUT2D eigenvalue weighted by Gasteiger charge is 2.35. The lowest BCUT2D eigenvalue weighted by molar-refractivity contribution is -0.123. The maximum absolute atomic E-state index is 13.8. The number of hydrogen-bond acceptors (Lipinski definition) is 5. The number of carbonyl (C=O) groups excluding carboxylic acids is 2. The molecule has 7 nitrogen and oxygen atoms in total. The third kappa shape index (κ3) is 5.37. The van der Waals surface area contributed by atoms with Crippen LogP contribution < -0.4 is 15.0 Å². The van der Waals surface area contributed by atoms with E-state index in [-0.39, 0.29) is 23.6 Å². The summed E-state index contributed by atoms with van der Waals surface area (Å²) in [5.74, 6) is -0.00264. The SMILES string of the molecule is COc1cccc(N(C(=O)c2ccccn2)C(C(=O)NC2CCCCC2)c2ccncc2)c1. The van der Waals surface area contributed by atoms with Crippen LogP contribution in [0.3, 0.4) is 0 Å². The van der Waals surface area contributed by atoms with Gasteiger partial charge in [-0.05, 0) is 54.8 Å². The van der Waals surface area contributed by atoms with Gasteiger partial charge in [0.2, 0.25) is 5.91 Å². The second-order valence-electron chi connectivity index (χ2n) is 8.12. The molecular formula is C26H28N4O3. The minimum Gasteiger partial charge on any atom is -0.497 e. The Hall–Kier alpha value is -3.74. The summed E-state index contributed by atoms with van der Waals surface area (Å²) in [7, 11) is 1.57. The second-order valence-corrected chi connectivity index (χ2v) is 8.12. The number of amides is 2. The molecule has 1 aliphatic rings. The summed E-state index contributed by atoms with van der Waals surface area (Å²) in [5.41, 5.74) is 1.47. The molecule has 2 aromatic heterocycles. The van der Waals surface area contributed by atoms with E-state index in [1.165, 1.54) is 11.3 Å². The number of nitrogens with zero attached hydrogens (tertiary/aromatic N) is 3. The molecule has 0 radical (unpaired) electrons. The third-order valence-electron chi connectivity index (χ3n) is 5.91. The number of hydrogen-bond donors (Lipinski definition) is 1.